The number of hydrogen-bond acceptors (Lipinski definition) is 6. The van der Waals surface area contributed by atoms with Crippen LogP contribution in [0, 0.1) is 0 Å². The molecule has 134 valence electrons. The first-order valence-corrected chi connectivity index (χ1v) is 8.02. The maximum Gasteiger partial charge on any atom is 0.337 e. The zero-order valence-corrected chi connectivity index (χ0v) is 14.7. The molecule has 0 radical (unpaired) electrons. The molecule has 6 nitrogen and oxygen atoms in total. The summed E-state index contributed by atoms with van der Waals surface area (Å²) in [6.07, 6.45) is 0.598. The van der Waals surface area contributed by atoms with Gasteiger partial charge in [0.15, 0.2) is 0 Å². The number of nitrogens with zero attached hydrogens (tertiary/aromatic N) is 1. The molecule has 0 saturated carbocycles. The predicted molar refractivity (Wildman–Crippen MR) is 96.1 cm³/mol. The zero-order valence-electron chi connectivity index (χ0n) is 14.7. The highest BCUT2D eigenvalue weighted by molar-refractivity contribution is 5.90. The van der Waals surface area contributed by atoms with Gasteiger partial charge in [-0.1, -0.05) is 30.3 Å². The number of esters is 1. The summed E-state index contributed by atoms with van der Waals surface area (Å²) in [5.74, 6) is -0.454. The number of aryl methyl sites for hydroxylation is 1. The van der Waals surface area contributed by atoms with Crippen molar-refractivity contribution in [3.05, 3.63) is 65.2 Å². The van der Waals surface area contributed by atoms with E-state index in [0.717, 1.165) is 12.0 Å². The van der Waals surface area contributed by atoms with Crippen LogP contribution in [0.2, 0.25) is 0 Å². The van der Waals surface area contributed by atoms with Crippen molar-refractivity contribution in [2.24, 2.45) is 0 Å². The maximum absolute atomic E-state index is 11.9. The molecule has 0 fully saturated rings. The second kappa shape index (κ2) is 9.17. The lowest BCUT2D eigenvalue weighted by atomic mass is 9.99. The van der Waals surface area contributed by atoms with Crippen LogP contribution < -0.4 is 10.6 Å². The number of aliphatic hydroxyl groups is 1. The Kier molecular flexibility index (Phi) is 6.94. The fourth-order valence-electron chi connectivity index (χ4n) is 2.56. The Labute approximate surface area is 147 Å². The van der Waals surface area contributed by atoms with Gasteiger partial charge in [-0.05, 0) is 42.2 Å². The smallest absolute Gasteiger partial charge is 0.337 e. The third kappa shape index (κ3) is 5.29. The molecule has 0 aliphatic carbocycles. The first kappa shape index (κ1) is 18.9. The molecule has 0 heterocycles. The number of methoxy groups -OCH3 is 1. The van der Waals surface area contributed by atoms with Gasteiger partial charge in [0.05, 0.1) is 31.6 Å². The van der Waals surface area contributed by atoms with Gasteiger partial charge in [0.25, 0.3) is 0 Å². The fraction of sp³-hybridized carbons (Fsp3) is 0.316. The van der Waals surface area contributed by atoms with Crippen LogP contribution in [0.1, 0.15) is 34.0 Å². The number of benzene rings is 2. The van der Waals surface area contributed by atoms with Crippen LogP contribution in [0.5, 0.6) is 0 Å². The largest absolute Gasteiger partial charge is 0.465 e. The van der Waals surface area contributed by atoms with Gasteiger partial charge in [0.1, 0.15) is 0 Å². The zero-order chi connectivity index (χ0) is 18.2. The molecule has 6 heteroatoms. The first-order valence-electron chi connectivity index (χ1n) is 8.02. The Hall–Kier alpha value is -2.41. The molecule has 0 aliphatic heterocycles. The van der Waals surface area contributed by atoms with E-state index in [1.165, 1.54) is 14.2 Å². The standard InChI is InChI=1S/C19H24N2O4/c1-21(20-25-3)17-12-15(11-16(13-17)19(23)24-2)18(22)10-9-14-7-5-4-6-8-14/h4-8,11-13,18,20,22H,9-10H2,1-3H3. The second-order valence-corrected chi connectivity index (χ2v) is 5.70. The quantitative estimate of drug-likeness (QED) is 0.567. The van der Waals surface area contributed by atoms with Crippen molar-refractivity contribution in [3.8, 4) is 0 Å². The van der Waals surface area contributed by atoms with Crippen LogP contribution >= 0.6 is 0 Å². The summed E-state index contributed by atoms with van der Waals surface area (Å²) < 4.78 is 4.80. The van der Waals surface area contributed by atoms with Crippen LogP contribution in [0.3, 0.4) is 0 Å². The number of carbonyl (C=O) groups excluding carboxylic acids is 1. The van der Waals surface area contributed by atoms with Crippen molar-refractivity contribution in [1.82, 2.24) is 5.59 Å². The van der Waals surface area contributed by atoms with Crippen molar-refractivity contribution in [2.45, 2.75) is 18.9 Å². The summed E-state index contributed by atoms with van der Waals surface area (Å²) in [6.45, 7) is 0. The van der Waals surface area contributed by atoms with Gasteiger partial charge in [-0.2, -0.15) is 0 Å². The summed E-state index contributed by atoms with van der Waals surface area (Å²) in [6, 6.07) is 15.1. The highest BCUT2D eigenvalue weighted by Crippen LogP contribution is 2.25. The number of rotatable bonds is 8. The summed E-state index contributed by atoms with van der Waals surface area (Å²) in [5, 5.41) is 12.2. The summed E-state index contributed by atoms with van der Waals surface area (Å²) in [4.78, 5) is 16.8. The average molecular weight is 344 g/mol. The molecule has 2 aromatic carbocycles. The molecule has 0 bridgehead atoms. The molecule has 0 aromatic heterocycles. The molecular weight excluding hydrogens is 320 g/mol. The second-order valence-electron chi connectivity index (χ2n) is 5.70. The first-order chi connectivity index (χ1) is 12.0. The van der Waals surface area contributed by atoms with Gasteiger partial charge in [-0.3, -0.25) is 9.85 Å². The minimum absolute atomic E-state index is 0.374. The minimum Gasteiger partial charge on any atom is -0.465 e. The molecule has 0 saturated heterocycles. The lowest BCUT2D eigenvalue weighted by molar-refractivity contribution is 0.0600. The lowest BCUT2D eigenvalue weighted by Gasteiger charge is -2.21. The van der Waals surface area contributed by atoms with E-state index in [1.807, 2.05) is 36.4 Å². The highest BCUT2D eigenvalue weighted by atomic mass is 16.7. The predicted octanol–water partition coefficient (Wildman–Crippen LogP) is 2.64. The van der Waals surface area contributed by atoms with Gasteiger partial charge in [-0.25, -0.2) is 4.79 Å². The molecule has 0 aliphatic rings. The summed E-state index contributed by atoms with van der Waals surface area (Å²) in [5.41, 5.74) is 5.53. The van der Waals surface area contributed by atoms with E-state index in [0.29, 0.717) is 23.2 Å². The molecule has 1 atom stereocenters. The molecule has 2 N–H and O–H groups in total. The molecule has 2 aromatic rings. The maximum atomic E-state index is 11.9. The number of anilines is 1. The van der Waals surface area contributed by atoms with E-state index in [1.54, 1.807) is 24.2 Å². The number of hydrazine groups is 1. The van der Waals surface area contributed by atoms with Gasteiger partial charge in [0, 0.05) is 7.05 Å². The fourth-order valence-corrected chi connectivity index (χ4v) is 2.56. The van der Waals surface area contributed by atoms with Crippen molar-refractivity contribution in [1.29, 1.82) is 0 Å². The van der Waals surface area contributed by atoms with E-state index < -0.39 is 12.1 Å². The van der Waals surface area contributed by atoms with E-state index in [-0.39, 0.29) is 0 Å². The Bertz CT molecular complexity index is 691. The van der Waals surface area contributed by atoms with E-state index in [2.05, 4.69) is 5.59 Å². The Morgan fingerprint density at radius 3 is 2.56 bits per heavy atom. The van der Waals surface area contributed by atoms with E-state index >= 15 is 0 Å². The Morgan fingerprint density at radius 2 is 1.92 bits per heavy atom. The SMILES string of the molecule is CONN(C)c1cc(C(=O)OC)cc(C(O)CCc2ccccc2)c1. The number of hydrogen-bond donors (Lipinski definition) is 2. The van der Waals surface area contributed by atoms with Gasteiger partial charge in [0.2, 0.25) is 0 Å². The molecule has 25 heavy (non-hydrogen) atoms. The van der Waals surface area contributed by atoms with Crippen molar-refractivity contribution in [3.63, 3.8) is 0 Å². The number of aliphatic hydroxyl groups excluding tert-OH is 1. The van der Waals surface area contributed by atoms with Crippen LogP contribution in [-0.4, -0.2) is 32.3 Å². The normalized spacial score (nSPS) is 11.8. The lowest BCUT2D eigenvalue weighted by Crippen LogP contribution is -2.33. The average Bonchev–Trinajstić information content (AvgIpc) is 2.66. The summed E-state index contributed by atoms with van der Waals surface area (Å²) in [7, 11) is 4.58. The van der Waals surface area contributed by atoms with E-state index in [4.69, 9.17) is 9.57 Å². The van der Waals surface area contributed by atoms with Crippen LogP contribution in [0.4, 0.5) is 5.69 Å². The third-order valence-electron chi connectivity index (χ3n) is 3.91. The van der Waals surface area contributed by atoms with Crippen LogP contribution in [0.25, 0.3) is 0 Å². The Balaban J connectivity index is 2.21. The van der Waals surface area contributed by atoms with E-state index in [9.17, 15) is 9.90 Å². The van der Waals surface area contributed by atoms with Crippen LogP contribution in [-0.2, 0) is 16.0 Å². The summed E-state index contributed by atoms with van der Waals surface area (Å²) >= 11 is 0. The van der Waals surface area contributed by atoms with Crippen molar-refractivity contribution >= 4 is 11.7 Å². The van der Waals surface area contributed by atoms with Gasteiger partial charge in [-0.15, -0.1) is 5.59 Å². The Morgan fingerprint density at radius 1 is 1.20 bits per heavy atom. The van der Waals surface area contributed by atoms with Gasteiger partial charge < -0.3 is 9.84 Å². The van der Waals surface area contributed by atoms with Crippen LogP contribution in [0.15, 0.2) is 48.5 Å². The van der Waals surface area contributed by atoms with Crippen molar-refractivity contribution < 1.29 is 19.5 Å². The third-order valence-corrected chi connectivity index (χ3v) is 3.91. The van der Waals surface area contributed by atoms with Crippen molar-refractivity contribution in [2.75, 3.05) is 26.3 Å². The minimum atomic E-state index is -0.695. The number of carbonyl (C=O) groups is 1. The monoisotopic (exact) mass is 344 g/mol. The van der Waals surface area contributed by atoms with Gasteiger partial charge >= 0.3 is 5.97 Å². The molecule has 1 unspecified atom stereocenters. The molecule has 2 rings (SSSR count). The topological polar surface area (TPSA) is 71.0 Å². The molecule has 0 spiro atoms. The number of ether oxygens (including phenoxy) is 1. The highest BCUT2D eigenvalue weighted by Gasteiger charge is 2.16. The molecule has 0 amide bonds. The number of nitrogens with one attached hydrogen (secondary N) is 1. The molecular formula is C19H24N2O4.